The number of allylic oxidation sites excluding steroid dienone is 1. The molecule has 0 amide bonds. The molecule has 0 heterocycles. The molecule has 0 bridgehead atoms. The Balaban J connectivity index is 2.76. The number of carbonyl (C=O) groups is 1. The monoisotopic (exact) mass is 216 g/mol. The van der Waals surface area contributed by atoms with Crippen molar-refractivity contribution in [2.45, 2.75) is 19.8 Å². The molecule has 1 aromatic rings. The lowest BCUT2D eigenvalue weighted by Gasteiger charge is -1.95. The number of carboxylic acids is 1. The number of rotatable bonds is 5. The van der Waals surface area contributed by atoms with Crippen molar-refractivity contribution in [3.8, 4) is 0 Å². The molecule has 0 aliphatic heterocycles. The van der Waals surface area contributed by atoms with Gasteiger partial charge in [0.2, 0.25) is 0 Å². The molecule has 1 aromatic carbocycles. The van der Waals surface area contributed by atoms with Gasteiger partial charge >= 0.3 is 5.97 Å². The zero-order valence-electron chi connectivity index (χ0n) is 9.39. The Hall–Kier alpha value is -1.83. The van der Waals surface area contributed by atoms with Crippen LogP contribution in [-0.2, 0) is 4.79 Å². The Kier molecular flexibility index (Phi) is 5.06. The Labute approximate surface area is 95.9 Å². The predicted octanol–water partition coefficient (Wildman–Crippen LogP) is 3.51. The lowest BCUT2D eigenvalue weighted by Crippen LogP contribution is -1.97. The highest BCUT2D eigenvalue weighted by Gasteiger charge is 2.01. The fourth-order valence-electron chi connectivity index (χ4n) is 1.28. The summed E-state index contributed by atoms with van der Waals surface area (Å²) in [5, 5.41) is 8.96. The van der Waals surface area contributed by atoms with Gasteiger partial charge in [0.05, 0.1) is 5.57 Å². The summed E-state index contributed by atoms with van der Waals surface area (Å²) in [5.41, 5.74) is 1.36. The lowest BCUT2D eigenvalue weighted by molar-refractivity contribution is -0.132. The quantitative estimate of drug-likeness (QED) is 0.604. The van der Waals surface area contributed by atoms with E-state index in [1.165, 1.54) is 0 Å². The molecule has 16 heavy (non-hydrogen) atoms. The molecular formula is C14H16O2. The minimum Gasteiger partial charge on any atom is -0.478 e. The van der Waals surface area contributed by atoms with Crippen LogP contribution in [0, 0.1) is 0 Å². The molecular weight excluding hydrogens is 200 g/mol. The highest BCUT2D eigenvalue weighted by molar-refractivity contribution is 5.91. The van der Waals surface area contributed by atoms with Crippen LogP contribution in [0.1, 0.15) is 25.3 Å². The molecule has 2 nitrogen and oxygen atoms in total. The number of aliphatic carboxylic acids is 1. The fourth-order valence-corrected chi connectivity index (χ4v) is 1.28. The minimum atomic E-state index is -0.874. The van der Waals surface area contributed by atoms with E-state index in [1.807, 2.05) is 43.3 Å². The standard InChI is InChI=1S/C14H16O2/c1-2-3-9-13(14(15)16)11-10-12-7-5-4-6-8-12/h4-11H,2-3H2,1H3,(H,15,16). The van der Waals surface area contributed by atoms with Crippen molar-refractivity contribution < 1.29 is 9.90 Å². The van der Waals surface area contributed by atoms with Crippen LogP contribution in [0.25, 0.3) is 6.08 Å². The Morgan fingerprint density at radius 1 is 1.31 bits per heavy atom. The molecule has 84 valence electrons. The zero-order chi connectivity index (χ0) is 11.8. The highest BCUT2D eigenvalue weighted by Crippen LogP contribution is 2.07. The third-order valence-corrected chi connectivity index (χ3v) is 2.15. The molecule has 0 saturated heterocycles. The normalized spacial score (nSPS) is 11.9. The largest absolute Gasteiger partial charge is 0.478 e. The highest BCUT2D eigenvalue weighted by atomic mass is 16.4. The second-order valence-corrected chi connectivity index (χ2v) is 3.50. The topological polar surface area (TPSA) is 37.3 Å². The molecule has 0 fully saturated rings. The number of benzene rings is 1. The maximum Gasteiger partial charge on any atom is 0.335 e. The summed E-state index contributed by atoms with van der Waals surface area (Å²) < 4.78 is 0. The van der Waals surface area contributed by atoms with Crippen molar-refractivity contribution >= 4 is 12.0 Å². The summed E-state index contributed by atoms with van der Waals surface area (Å²) in [5.74, 6) is -0.874. The molecule has 2 heteroatoms. The number of unbranched alkanes of at least 4 members (excludes halogenated alkanes) is 1. The summed E-state index contributed by atoms with van der Waals surface area (Å²) in [6.07, 6.45) is 6.96. The average Bonchev–Trinajstić information content (AvgIpc) is 2.30. The number of carboxylic acid groups (broad SMARTS) is 1. The van der Waals surface area contributed by atoms with E-state index in [4.69, 9.17) is 5.11 Å². The summed E-state index contributed by atoms with van der Waals surface area (Å²) >= 11 is 0. The van der Waals surface area contributed by atoms with Gasteiger partial charge in [0.15, 0.2) is 0 Å². The Morgan fingerprint density at radius 2 is 2.00 bits per heavy atom. The van der Waals surface area contributed by atoms with E-state index in [9.17, 15) is 4.79 Å². The van der Waals surface area contributed by atoms with Gasteiger partial charge in [-0.15, -0.1) is 0 Å². The maximum absolute atomic E-state index is 10.9. The van der Waals surface area contributed by atoms with Gasteiger partial charge in [0.1, 0.15) is 0 Å². The van der Waals surface area contributed by atoms with Gasteiger partial charge in [-0.1, -0.05) is 55.8 Å². The Bertz CT molecular complexity index is 388. The van der Waals surface area contributed by atoms with Crippen molar-refractivity contribution in [1.29, 1.82) is 0 Å². The van der Waals surface area contributed by atoms with Crippen LogP contribution in [0.3, 0.4) is 0 Å². The van der Waals surface area contributed by atoms with Gasteiger partial charge in [-0.2, -0.15) is 0 Å². The second kappa shape index (κ2) is 6.62. The molecule has 0 radical (unpaired) electrons. The van der Waals surface area contributed by atoms with Crippen LogP contribution in [0.15, 0.2) is 48.1 Å². The van der Waals surface area contributed by atoms with Crippen LogP contribution in [0.2, 0.25) is 0 Å². The first-order valence-electron chi connectivity index (χ1n) is 5.40. The molecule has 0 aliphatic rings. The molecule has 0 aromatic heterocycles. The summed E-state index contributed by atoms with van der Waals surface area (Å²) in [6, 6.07) is 9.67. The van der Waals surface area contributed by atoms with Crippen LogP contribution in [0.4, 0.5) is 0 Å². The molecule has 0 aliphatic carbocycles. The van der Waals surface area contributed by atoms with Crippen LogP contribution < -0.4 is 0 Å². The van der Waals surface area contributed by atoms with Gasteiger partial charge in [0, 0.05) is 0 Å². The van der Waals surface area contributed by atoms with E-state index in [2.05, 4.69) is 0 Å². The second-order valence-electron chi connectivity index (χ2n) is 3.50. The minimum absolute atomic E-state index is 0.353. The van der Waals surface area contributed by atoms with Crippen LogP contribution >= 0.6 is 0 Å². The fraction of sp³-hybridized carbons (Fsp3) is 0.214. The van der Waals surface area contributed by atoms with Gasteiger partial charge in [0.25, 0.3) is 0 Å². The molecule has 1 rings (SSSR count). The Morgan fingerprint density at radius 3 is 2.56 bits per heavy atom. The van der Waals surface area contributed by atoms with Gasteiger partial charge in [-0.05, 0) is 18.1 Å². The molecule has 0 saturated carbocycles. The summed E-state index contributed by atoms with van der Waals surface area (Å²) in [6.45, 7) is 2.02. The average molecular weight is 216 g/mol. The molecule has 0 atom stereocenters. The molecule has 0 spiro atoms. The van der Waals surface area contributed by atoms with E-state index in [0.29, 0.717) is 5.57 Å². The van der Waals surface area contributed by atoms with E-state index in [1.54, 1.807) is 12.2 Å². The first kappa shape index (κ1) is 12.2. The first-order chi connectivity index (χ1) is 7.74. The van der Waals surface area contributed by atoms with Crippen molar-refractivity contribution in [3.63, 3.8) is 0 Å². The van der Waals surface area contributed by atoms with Gasteiger partial charge in [-0.3, -0.25) is 0 Å². The summed E-state index contributed by atoms with van der Waals surface area (Å²) in [7, 11) is 0. The summed E-state index contributed by atoms with van der Waals surface area (Å²) in [4.78, 5) is 10.9. The van der Waals surface area contributed by atoms with E-state index in [-0.39, 0.29) is 0 Å². The number of hydrogen-bond acceptors (Lipinski definition) is 1. The number of hydrogen-bond donors (Lipinski definition) is 1. The van der Waals surface area contributed by atoms with Gasteiger partial charge < -0.3 is 5.11 Å². The van der Waals surface area contributed by atoms with Crippen molar-refractivity contribution in [2.75, 3.05) is 0 Å². The first-order valence-corrected chi connectivity index (χ1v) is 5.40. The van der Waals surface area contributed by atoms with Crippen LogP contribution in [0.5, 0.6) is 0 Å². The van der Waals surface area contributed by atoms with Crippen molar-refractivity contribution in [3.05, 3.63) is 53.6 Å². The smallest absolute Gasteiger partial charge is 0.335 e. The van der Waals surface area contributed by atoms with E-state index < -0.39 is 5.97 Å². The van der Waals surface area contributed by atoms with E-state index >= 15 is 0 Å². The lowest BCUT2D eigenvalue weighted by atomic mass is 10.1. The SMILES string of the molecule is CCCC=C(C=Cc1ccccc1)C(=O)O. The molecule has 0 unspecified atom stereocenters. The van der Waals surface area contributed by atoms with Crippen molar-refractivity contribution in [2.24, 2.45) is 0 Å². The molecule has 1 N–H and O–H groups in total. The van der Waals surface area contributed by atoms with Gasteiger partial charge in [-0.25, -0.2) is 4.79 Å². The predicted molar refractivity (Wildman–Crippen MR) is 66.1 cm³/mol. The van der Waals surface area contributed by atoms with Crippen molar-refractivity contribution in [1.82, 2.24) is 0 Å². The third-order valence-electron chi connectivity index (χ3n) is 2.15. The zero-order valence-corrected chi connectivity index (χ0v) is 9.39. The van der Waals surface area contributed by atoms with Crippen LogP contribution in [-0.4, -0.2) is 11.1 Å². The maximum atomic E-state index is 10.9. The van der Waals surface area contributed by atoms with E-state index in [0.717, 1.165) is 18.4 Å². The third kappa shape index (κ3) is 4.13.